The van der Waals surface area contributed by atoms with Gasteiger partial charge in [-0.15, -0.1) is 9.24 Å². The van der Waals surface area contributed by atoms with E-state index in [1.165, 1.54) is 0 Å². The summed E-state index contributed by atoms with van der Waals surface area (Å²) in [6.07, 6.45) is -3.51. The summed E-state index contributed by atoms with van der Waals surface area (Å²) in [4.78, 5) is 0. The largest absolute Gasteiger partial charge is 0.327 e. The Morgan fingerprint density at radius 3 is 0.759 bits per heavy atom. The topological polar surface area (TPSA) is 104 Å². The van der Waals surface area contributed by atoms with Crippen molar-refractivity contribution in [3.05, 3.63) is 0 Å². The maximum Gasteiger partial charge on any atom is 0.135 e. The maximum atomic E-state index is 20.2. The van der Waals surface area contributed by atoms with Gasteiger partial charge in [-0.3, -0.25) is 0 Å². The third-order valence-corrected chi connectivity index (χ3v) is 51.9. The maximum absolute atomic E-state index is 20.2. The van der Waals surface area contributed by atoms with E-state index in [4.69, 9.17) is 22.9 Å². The average Bonchev–Trinajstić information content (AvgIpc) is 0.624. The normalized spacial score (nSPS) is 80.0. The molecule has 0 amide bonds. The van der Waals surface area contributed by atoms with Gasteiger partial charge in [-0.05, 0) is 423 Å². The Kier molecular flexibility index (Phi) is 13.0. The second kappa shape index (κ2) is 20.8. The highest BCUT2D eigenvalue weighted by Crippen LogP contribution is 2.93. The second-order valence-electron chi connectivity index (χ2n) is 50.0. The molecule has 28 aliphatic carbocycles. The fourth-order valence-corrected chi connectivity index (χ4v) is 51.7. The van der Waals surface area contributed by atoms with E-state index in [2.05, 4.69) is 92.3 Å². The SMILES string of the molecule is CC1CC2CC3CC(F)C(P)C4C3C3C2C(C1F)C1C(C)C(C)C2C5C(C)C(N)C6C7C(C)C(N)C8C9C(C)C(F)C%10C%11C(C)C(F)CC%12CC%13CC(F)C(C)C%14C%13C(C%12%11)C%11C%12C%14C(C)C(C)C%13C%14C(N)C(C)C%15C%16C(N)C(C)C%17C%18C(F)C(F)C4C4C%18C(C2C1C34)C1C5C6C(C%16C%171)C1C%15C%14C(C8C71)C(C%13%12)C9C%10%11. The smallest absolute Gasteiger partial charge is 0.135 e. The molecule has 8 N–H and O–H groups in total. The Morgan fingerprint density at radius 1 is 0.176 bits per heavy atom. The molecule has 4 nitrogen and oxygen atoms in total. The molecular formula is C96H136F7N4P. The fraction of sp³-hybridized carbons (Fsp3) is 1.00. The van der Waals surface area contributed by atoms with Crippen LogP contribution in [-0.4, -0.2) is 73.0 Å². The van der Waals surface area contributed by atoms with E-state index >= 15 is 30.7 Å². The van der Waals surface area contributed by atoms with Crippen molar-refractivity contribution in [1.82, 2.24) is 0 Å². The molecule has 28 fully saturated rings. The number of hydrogen-bond donors (Lipinski definition) is 4. The first-order valence-corrected chi connectivity index (χ1v) is 48.7. The molecule has 0 aromatic heterocycles. The van der Waals surface area contributed by atoms with Crippen LogP contribution in [0.15, 0.2) is 0 Å². The summed E-state index contributed by atoms with van der Waals surface area (Å²) >= 11 is 0. The Hall–Kier alpha value is -0.220. The van der Waals surface area contributed by atoms with Gasteiger partial charge in [0.1, 0.15) is 43.2 Å². The zero-order chi connectivity index (χ0) is 73.3. The molecule has 0 radical (unpaired) electrons. The monoisotopic (exact) mass is 1510 g/mol. The number of hydrogen-bond acceptors (Lipinski definition) is 4. The summed E-state index contributed by atoms with van der Waals surface area (Å²) in [7, 11) is 3.04. The molecule has 0 saturated heterocycles. The number of rotatable bonds is 0. The molecule has 12 heteroatoms. The zero-order valence-electron chi connectivity index (χ0n) is 66.8. The minimum Gasteiger partial charge on any atom is -0.327 e. The molecule has 0 aromatic rings. The molecule has 108 heavy (non-hydrogen) atoms. The lowest BCUT2D eigenvalue weighted by molar-refractivity contribution is -0.416. The van der Waals surface area contributed by atoms with Crippen LogP contribution in [0, 0.1) is 391 Å². The minimum absolute atomic E-state index is 0.00964. The minimum atomic E-state index is -1.65. The molecule has 79 unspecified atom stereocenters. The van der Waals surface area contributed by atoms with Crippen molar-refractivity contribution in [1.29, 1.82) is 0 Å². The first kappa shape index (κ1) is 67.6. The summed E-state index contributed by atoms with van der Waals surface area (Å²) in [5.74, 6) is 14.2. The lowest BCUT2D eigenvalue weighted by atomic mass is 9.16. The number of halogens is 7. The van der Waals surface area contributed by atoms with Gasteiger partial charge in [0.05, 0.1) is 0 Å². The second-order valence-corrected chi connectivity index (χ2v) is 50.7. The van der Waals surface area contributed by atoms with Crippen LogP contribution in [0.5, 0.6) is 0 Å². The van der Waals surface area contributed by atoms with E-state index in [0.717, 1.165) is 19.3 Å². The van der Waals surface area contributed by atoms with Crippen molar-refractivity contribution in [3.63, 3.8) is 0 Å². The van der Waals surface area contributed by atoms with Gasteiger partial charge in [0.2, 0.25) is 0 Å². The molecule has 0 bridgehead atoms. The van der Waals surface area contributed by atoms with Crippen LogP contribution >= 0.6 is 9.24 Å². The highest BCUT2D eigenvalue weighted by Gasteiger charge is 2.91. The Labute approximate surface area is 644 Å². The predicted molar refractivity (Wildman–Crippen MR) is 406 cm³/mol. The van der Waals surface area contributed by atoms with E-state index in [-0.39, 0.29) is 219 Å². The van der Waals surface area contributed by atoms with Crippen LogP contribution in [0.3, 0.4) is 0 Å². The average molecular weight is 1510 g/mol. The van der Waals surface area contributed by atoms with E-state index in [1.807, 2.05) is 0 Å². The lowest BCUT2D eigenvalue weighted by Gasteiger charge is -2.88. The molecular weight excluding hydrogens is 1370 g/mol. The first-order chi connectivity index (χ1) is 51.8. The third-order valence-electron chi connectivity index (χ3n) is 51.0. The molecule has 28 saturated carbocycles. The molecule has 0 spiro atoms. The van der Waals surface area contributed by atoms with Crippen molar-refractivity contribution < 1.29 is 30.7 Å². The van der Waals surface area contributed by atoms with Gasteiger partial charge in [0.15, 0.2) is 0 Å². The Balaban J connectivity index is 0.678. The van der Waals surface area contributed by atoms with Gasteiger partial charge in [-0.25, -0.2) is 30.7 Å². The summed E-state index contributed by atoms with van der Waals surface area (Å²) in [5, 5.41) is 0. The van der Waals surface area contributed by atoms with Gasteiger partial charge >= 0.3 is 0 Å². The van der Waals surface area contributed by atoms with Crippen molar-refractivity contribution in [2.24, 2.45) is 414 Å². The molecule has 79 atom stereocenters. The van der Waals surface area contributed by atoms with Crippen LogP contribution in [0.2, 0.25) is 0 Å². The number of nitrogens with two attached hydrogens (primary N) is 4. The van der Waals surface area contributed by atoms with Gasteiger partial charge in [-0.1, -0.05) is 83.1 Å². The number of alkyl halides is 7. The molecule has 0 aromatic carbocycles. The van der Waals surface area contributed by atoms with Crippen molar-refractivity contribution in [2.75, 3.05) is 0 Å². The van der Waals surface area contributed by atoms with Crippen LogP contribution in [0.25, 0.3) is 0 Å². The molecule has 0 aliphatic heterocycles. The highest BCUT2D eigenvalue weighted by molar-refractivity contribution is 7.17. The van der Waals surface area contributed by atoms with E-state index in [1.54, 1.807) is 0 Å². The van der Waals surface area contributed by atoms with Gasteiger partial charge in [-0.2, -0.15) is 0 Å². The fourth-order valence-electron chi connectivity index (χ4n) is 51.1. The quantitative estimate of drug-likeness (QED) is 0.143. The molecule has 28 rings (SSSR count). The zero-order valence-corrected chi connectivity index (χ0v) is 68.0. The Bertz CT molecular complexity index is 3400. The molecule has 28 aliphatic rings. The van der Waals surface area contributed by atoms with Crippen LogP contribution < -0.4 is 22.9 Å². The Morgan fingerprint density at radius 2 is 0.380 bits per heavy atom. The summed E-state index contributed by atoms with van der Waals surface area (Å²) < 4.78 is 132. The molecule has 594 valence electrons. The van der Waals surface area contributed by atoms with Crippen molar-refractivity contribution in [3.8, 4) is 0 Å². The van der Waals surface area contributed by atoms with Crippen LogP contribution in [0.4, 0.5) is 30.7 Å². The van der Waals surface area contributed by atoms with E-state index < -0.39 is 60.7 Å². The van der Waals surface area contributed by atoms with Crippen LogP contribution in [0.1, 0.15) is 122 Å². The van der Waals surface area contributed by atoms with Gasteiger partial charge in [0.25, 0.3) is 0 Å². The van der Waals surface area contributed by atoms with E-state index in [0.29, 0.717) is 203 Å². The summed E-state index contributed by atoms with van der Waals surface area (Å²) in [6.45, 7) is 30.5. The van der Waals surface area contributed by atoms with Crippen LogP contribution in [-0.2, 0) is 0 Å². The lowest BCUT2D eigenvalue weighted by Crippen LogP contribution is -2.88. The summed E-state index contributed by atoms with van der Waals surface area (Å²) in [5.41, 5.74) is 35.1. The van der Waals surface area contributed by atoms with E-state index in [9.17, 15) is 0 Å². The first-order valence-electron chi connectivity index (χ1n) is 48.0. The number of fused-ring (bicyclic) bond motifs is 10. The highest BCUT2D eigenvalue weighted by atomic mass is 31.0. The summed E-state index contributed by atoms with van der Waals surface area (Å²) in [6, 6.07) is -0.365. The van der Waals surface area contributed by atoms with Gasteiger partial charge < -0.3 is 22.9 Å². The van der Waals surface area contributed by atoms with Gasteiger partial charge in [0, 0.05) is 35.7 Å². The standard InChI is InChI=1S/C96H136F7N4P/c1-19-13-31-14-34-18-37(99)96(108)87-52(34)63-51(31)79(88(19)100)40-22(4)20(2)39-45-27(9)92(104)85-48-30(12)95(107)84-44-26(8)89(101)80-43-25(7)36(98)17-33-15-32-16-35(97)24(6)42-38-21(3)23(5)41-56-53(38)67(62(49(32)42)50(33)43)72(80)57(44)64(56)70-77-60-47(29(11)94(106)83(41)77)86-76-59-46(28(10)93(86)105)81-73-69(54(39)55(40)68(63)74(73)82(87)91(103)90(81)102)65(59)58(45)75(85)71(76)66(60)61(48)78(70)84/h19-96H,13-18,104-108H2,1-12H3. The predicted octanol–water partition coefficient (Wildman–Crippen LogP) is 16.5. The van der Waals surface area contributed by atoms with Crippen molar-refractivity contribution in [2.45, 2.75) is 195 Å². The van der Waals surface area contributed by atoms with Crippen molar-refractivity contribution >= 4 is 9.24 Å². The third kappa shape index (κ3) is 6.59. The molecule has 0 heterocycles.